The van der Waals surface area contributed by atoms with Crippen LogP contribution in [0.25, 0.3) is 0 Å². The summed E-state index contributed by atoms with van der Waals surface area (Å²) in [5.41, 5.74) is 0. The van der Waals surface area contributed by atoms with E-state index in [1.807, 2.05) is 0 Å². The van der Waals surface area contributed by atoms with Gasteiger partial charge in [-0.25, -0.2) is 0 Å². The van der Waals surface area contributed by atoms with Crippen molar-refractivity contribution >= 4 is 26.2 Å². The van der Waals surface area contributed by atoms with E-state index >= 15 is 0 Å². The predicted molar refractivity (Wildman–Crippen MR) is 30.0 cm³/mol. The Morgan fingerprint density at radius 1 is 1.14 bits per heavy atom. The summed E-state index contributed by atoms with van der Waals surface area (Å²) >= 11 is 0. The molecule has 1 nitrogen and oxygen atoms in total. The molecule has 0 aromatic rings. The third kappa shape index (κ3) is 18.4. The van der Waals surface area contributed by atoms with Crippen LogP contribution in [0, 0.1) is 0 Å². The SMILES string of the molecule is CCNCC.[Bi+3].[Ti+4]. The van der Waals surface area contributed by atoms with Crippen LogP contribution in [0.1, 0.15) is 13.8 Å². The Bertz CT molecular complexity index is 19.2. The Morgan fingerprint density at radius 3 is 1.43 bits per heavy atom. The van der Waals surface area contributed by atoms with Crippen LogP contribution in [-0.2, 0) is 21.7 Å². The van der Waals surface area contributed by atoms with E-state index in [9.17, 15) is 0 Å². The van der Waals surface area contributed by atoms with Crippen LogP contribution in [0.5, 0.6) is 0 Å². The van der Waals surface area contributed by atoms with E-state index in [1.165, 1.54) is 0 Å². The monoisotopic (exact) mass is 330 g/mol. The van der Waals surface area contributed by atoms with Crippen molar-refractivity contribution in [2.45, 2.75) is 13.8 Å². The smallest absolute Gasteiger partial charge is 0.317 e. The van der Waals surface area contributed by atoms with Crippen molar-refractivity contribution in [3.05, 3.63) is 0 Å². The van der Waals surface area contributed by atoms with Gasteiger partial charge in [0.25, 0.3) is 0 Å². The zero-order valence-corrected chi connectivity index (χ0v) is 9.90. The molecule has 0 unspecified atom stereocenters. The third-order valence-electron chi connectivity index (χ3n) is 0.500. The molecule has 0 bridgehead atoms. The van der Waals surface area contributed by atoms with Gasteiger partial charge in [-0.2, -0.15) is 0 Å². The summed E-state index contributed by atoms with van der Waals surface area (Å²) in [5, 5.41) is 3.11. The van der Waals surface area contributed by atoms with Gasteiger partial charge in [-0.05, 0) is 13.1 Å². The maximum Gasteiger partial charge on any atom is 4.00 e. The standard InChI is InChI=1S/C4H11N.Bi.Ti/c1-3-5-4-2;;/h5H,3-4H2,1-2H3;;/q;+3;+4. The van der Waals surface area contributed by atoms with Gasteiger partial charge in [-0.15, -0.1) is 0 Å². The second-order valence-electron chi connectivity index (χ2n) is 0.957. The Kier molecular flexibility index (Phi) is 35.4. The van der Waals surface area contributed by atoms with Crippen molar-refractivity contribution in [3.8, 4) is 0 Å². The zero-order valence-electron chi connectivity index (χ0n) is 4.86. The number of hydrogen-bond acceptors (Lipinski definition) is 1. The molecule has 2 radical (unpaired) electrons. The van der Waals surface area contributed by atoms with Crippen LogP contribution in [0.2, 0.25) is 0 Å². The van der Waals surface area contributed by atoms with Crippen molar-refractivity contribution in [1.82, 2.24) is 5.32 Å². The molecule has 0 fully saturated rings. The van der Waals surface area contributed by atoms with Gasteiger partial charge >= 0.3 is 47.9 Å². The van der Waals surface area contributed by atoms with E-state index in [-0.39, 0.29) is 47.9 Å². The van der Waals surface area contributed by atoms with Crippen LogP contribution >= 0.6 is 0 Å². The molecule has 0 amide bonds. The molecule has 0 atom stereocenters. The van der Waals surface area contributed by atoms with Gasteiger partial charge in [-0.3, -0.25) is 0 Å². The Balaban J connectivity index is -0.0000000800. The molecule has 34 valence electrons. The van der Waals surface area contributed by atoms with E-state index in [2.05, 4.69) is 19.2 Å². The van der Waals surface area contributed by atoms with Gasteiger partial charge < -0.3 is 5.32 Å². The number of nitrogens with one attached hydrogen (secondary N) is 1. The number of hydrogen-bond donors (Lipinski definition) is 1. The van der Waals surface area contributed by atoms with Crippen LogP contribution in [0.3, 0.4) is 0 Å². The fraction of sp³-hybridized carbons (Fsp3) is 1.00. The maximum absolute atomic E-state index is 3.11. The summed E-state index contributed by atoms with van der Waals surface area (Å²) in [6, 6.07) is 0. The van der Waals surface area contributed by atoms with Gasteiger partial charge in [0.05, 0.1) is 0 Å². The fourth-order valence-corrected chi connectivity index (χ4v) is 0.250. The molecule has 3 heteroatoms. The molecule has 0 aromatic carbocycles. The van der Waals surface area contributed by atoms with E-state index < -0.39 is 0 Å². The molecule has 7 heavy (non-hydrogen) atoms. The molecule has 0 aliphatic carbocycles. The second-order valence-corrected chi connectivity index (χ2v) is 0.957. The van der Waals surface area contributed by atoms with Crippen LogP contribution in [0.15, 0.2) is 0 Å². The molecule has 0 saturated carbocycles. The Morgan fingerprint density at radius 2 is 1.43 bits per heavy atom. The first-order chi connectivity index (χ1) is 2.41. The summed E-state index contributed by atoms with van der Waals surface area (Å²) in [6.07, 6.45) is 0. The molecule has 0 spiro atoms. The summed E-state index contributed by atoms with van der Waals surface area (Å²) in [4.78, 5) is 0. The maximum atomic E-state index is 3.11. The van der Waals surface area contributed by atoms with Gasteiger partial charge in [-0.1, -0.05) is 13.8 Å². The molecular weight excluding hydrogens is 319 g/mol. The second kappa shape index (κ2) is 15.6. The molecular formula is C4H11BiNTi+7. The number of rotatable bonds is 2. The first-order valence-corrected chi connectivity index (χ1v) is 2.12. The molecule has 0 rings (SSSR count). The molecule has 0 aromatic heterocycles. The normalized spacial score (nSPS) is 6.00. The predicted octanol–water partition coefficient (Wildman–Crippen LogP) is 0.232. The van der Waals surface area contributed by atoms with Crippen molar-refractivity contribution < 1.29 is 21.7 Å². The Hall–Kier alpha value is 1.56. The fourth-order valence-electron chi connectivity index (χ4n) is 0.250. The molecule has 0 aliphatic rings. The van der Waals surface area contributed by atoms with Crippen LogP contribution < -0.4 is 5.32 Å². The summed E-state index contributed by atoms with van der Waals surface area (Å²) < 4.78 is 0. The topological polar surface area (TPSA) is 12.0 Å². The average Bonchev–Trinajstić information content (AvgIpc) is 1.41. The van der Waals surface area contributed by atoms with Crippen LogP contribution in [-0.4, -0.2) is 39.3 Å². The van der Waals surface area contributed by atoms with Crippen LogP contribution in [0.4, 0.5) is 0 Å². The molecule has 1 N–H and O–H groups in total. The zero-order chi connectivity index (χ0) is 4.12. The van der Waals surface area contributed by atoms with E-state index in [0.717, 1.165) is 13.1 Å². The van der Waals surface area contributed by atoms with Gasteiger partial charge in [0.1, 0.15) is 0 Å². The van der Waals surface area contributed by atoms with E-state index in [1.54, 1.807) is 0 Å². The summed E-state index contributed by atoms with van der Waals surface area (Å²) in [5.74, 6) is 0. The first-order valence-electron chi connectivity index (χ1n) is 2.12. The Labute approximate surface area is 79.6 Å². The van der Waals surface area contributed by atoms with Crippen molar-refractivity contribution in [2.75, 3.05) is 13.1 Å². The largest absolute Gasteiger partial charge is 4.00 e. The van der Waals surface area contributed by atoms with Gasteiger partial charge in [0.15, 0.2) is 0 Å². The van der Waals surface area contributed by atoms with Crippen molar-refractivity contribution in [1.29, 1.82) is 0 Å². The summed E-state index contributed by atoms with van der Waals surface area (Å²) in [6.45, 7) is 6.39. The third-order valence-corrected chi connectivity index (χ3v) is 0.500. The van der Waals surface area contributed by atoms with Gasteiger partial charge in [0, 0.05) is 0 Å². The minimum absolute atomic E-state index is 0. The van der Waals surface area contributed by atoms with E-state index in [4.69, 9.17) is 0 Å². The minimum Gasteiger partial charge on any atom is -0.317 e. The molecule has 0 aliphatic heterocycles. The molecule has 0 heterocycles. The average molecular weight is 330 g/mol. The van der Waals surface area contributed by atoms with Crippen molar-refractivity contribution in [3.63, 3.8) is 0 Å². The quantitative estimate of drug-likeness (QED) is 0.715. The van der Waals surface area contributed by atoms with E-state index in [0.29, 0.717) is 0 Å². The minimum atomic E-state index is 0. The van der Waals surface area contributed by atoms with Crippen molar-refractivity contribution in [2.24, 2.45) is 0 Å². The molecule has 0 saturated heterocycles. The first kappa shape index (κ1) is 15.8. The summed E-state index contributed by atoms with van der Waals surface area (Å²) in [7, 11) is 0. The van der Waals surface area contributed by atoms with Gasteiger partial charge in [0.2, 0.25) is 0 Å².